The van der Waals surface area contributed by atoms with Gasteiger partial charge in [-0.25, -0.2) is 4.52 Å². The Kier molecular flexibility index (Phi) is 3.39. The van der Waals surface area contributed by atoms with Crippen molar-refractivity contribution in [1.82, 2.24) is 19.9 Å². The van der Waals surface area contributed by atoms with Gasteiger partial charge in [0.05, 0.1) is 17.4 Å². The third kappa shape index (κ3) is 2.40. The van der Waals surface area contributed by atoms with Gasteiger partial charge in [0, 0.05) is 29.9 Å². The van der Waals surface area contributed by atoms with Crippen LogP contribution in [0, 0.1) is 6.92 Å². The van der Waals surface area contributed by atoms with E-state index >= 15 is 0 Å². The molecule has 0 saturated carbocycles. The molecule has 0 bridgehead atoms. The summed E-state index contributed by atoms with van der Waals surface area (Å²) in [7, 11) is 0. The summed E-state index contributed by atoms with van der Waals surface area (Å²) in [5.41, 5.74) is 5.67. The molecule has 3 aromatic heterocycles. The maximum Gasteiger partial charge on any atom is 0.0758 e. The van der Waals surface area contributed by atoms with E-state index in [2.05, 4.69) is 47.7 Å². The molecule has 1 aliphatic heterocycles. The van der Waals surface area contributed by atoms with Crippen LogP contribution in [0.25, 0.3) is 16.8 Å². The highest BCUT2D eigenvalue weighted by atomic mass is 15.2. The second-order valence-electron chi connectivity index (χ2n) is 6.08. The molecule has 1 unspecified atom stereocenters. The monoisotopic (exact) mass is 292 g/mol. The molecule has 4 heterocycles. The van der Waals surface area contributed by atoms with E-state index in [1.807, 2.05) is 16.9 Å². The Morgan fingerprint density at radius 3 is 3.09 bits per heavy atom. The summed E-state index contributed by atoms with van der Waals surface area (Å²) in [6, 6.07) is 10.6. The second-order valence-corrected chi connectivity index (χ2v) is 6.08. The number of nitrogens with one attached hydrogen (secondary N) is 1. The molecule has 0 aromatic carbocycles. The maximum absolute atomic E-state index is 4.93. The van der Waals surface area contributed by atoms with Crippen molar-refractivity contribution in [2.75, 3.05) is 13.1 Å². The van der Waals surface area contributed by atoms with Crippen LogP contribution in [0.15, 0.2) is 42.7 Å². The van der Waals surface area contributed by atoms with Crippen molar-refractivity contribution in [3.63, 3.8) is 0 Å². The van der Waals surface area contributed by atoms with E-state index in [9.17, 15) is 0 Å². The Morgan fingerprint density at radius 2 is 2.23 bits per heavy atom. The lowest BCUT2D eigenvalue weighted by Crippen LogP contribution is -2.28. The van der Waals surface area contributed by atoms with Crippen molar-refractivity contribution in [2.24, 2.45) is 0 Å². The van der Waals surface area contributed by atoms with Crippen LogP contribution in [0.2, 0.25) is 0 Å². The largest absolute Gasteiger partial charge is 0.316 e. The van der Waals surface area contributed by atoms with E-state index in [0.29, 0.717) is 5.92 Å². The minimum absolute atomic E-state index is 0.525. The number of pyridine rings is 2. The summed E-state index contributed by atoms with van der Waals surface area (Å²) in [5, 5.41) is 7.91. The van der Waals surface area contributed by atoms with Gasteiger partial charge in [-0.15, -0.1) is 0 Å². The molecule has 0 radical (unpaired) electrons. The molecule has 1 N–H and O–H groups in total. The first kappa shape index (κ1) is 13.5. The quantitative estimate of drug-likeness (QED) is 0.789. The van der Waals surface area contributed by atoms with Crippen LogP contribution in [-0.4, -0.2) is 27.7 Å². The fraction of sp³-hybridized carbons (Fsp3) is 0.333. The lowest BCUT2D eigenvalue weighted by atomic mass is 9.95. The molecular weight excluding hydrogens is 272 g/mol. The summed E-state index contributed by atoms with van der Waals surface area (Å²) in [6.45, 7) is 4.27. The third-order valence-corrected chi connectivity index (χ3v) is 4.44. The van der Waals surface area contributed by atoms with Crippen LogP contribution in [-0.2, 0) is 0 Å². The van der Waals surface area contributed by atoms with E-state index in [-0.39, 0.29) is 0 Å². The molecule has 1 atom stereocenters. The number of hydrogen-bond acceptors (Lipinski definition) is 3. The summed E-state index contributed by atoms with van der Waals surface area (Å²) in [6.07, 6.45) is 6.37. The van der Waals surface area contributed by atoms with Crippen molar-refractivity contribution in [1.29, 1.82) is 0 Å². The zero-order valence-corrected chi connectivity index (χ0v) is 12.8. The van der Waals surface area contributed by atoms with E-state index in [4.69, 9.17) is 4.98 Å². The Labute approximate surface area is 130 Å². The highest BCUT2D eigenvalue weighted by molar-refractivity contribution is 5.78. The molecule has 4 rings (SSSR count). The van der Waals surface area contributed by atoms with Gasteiger partial charge in [-0.05, 0) is 56.1 Å². The van der Waals surface area contributed by atoms with Crippen molar-refractivity contribution in [3.05, 3.63) is 54.0 Å². The third-order valence-electron chi connectivity index (χ3n) is 4.44. The van der Waals surface area contributed by atoms with Crippen LogP contribution in [0.4, 0.5) is 0 Å². The number of aromatic nitrogens is 3. The Morgan fingerprint density at radius 1 is 1.27 bits per heavy atom. The number of nitrogens with zero attached hydrogens (tertiary/aromatic N) is 3. The van der Waals surface area contributed by atoms with Crippen molar-refractivity contribution in [3.8, 4) is 11.3 Å². The molecule has 0 spiro atoms. The van der Waals surface area contributed by atoms with E-state index in [1.54, 1.807) is 0 Å². The Bertz CT molecular complexity index is 800. The Balaban J connectivity index is 1.76. The van der Waals surface area contributed by atoms with Gasteiger partial charge in [0.2, 0.25) is 0 Å². The van der Waals surface area contributed by atoms with E-state index < -0.39 is 0 Å². The fourth-order valence-electron chi connectivity index (χ4n) is 3.22. The van der Waals surface area contributed by atoms with E-state index in [0.717, 1.165) is 29.9 Å². The summed E-state index contributed by atoms with van der Waals surface area (Å²) < 4.78 is 1.92. The Hall–Kier alpha value is -2.20. The van der Waals surface area contributed by atoms with E-state index in [1.165, 1.54) is 24.1 Å². The number of piperidine rings is 1. The van der Waals surface area contributed by atoms with Gasteiger partial charge in [-0.1, -0.05) is 6.07 Å². The number of aryl methyl sites for hydroxylation is 1. The molecular formula is C18H20N4. The number of hydrogen-bond donors (Lipinski definition) is 1. The smallest absolute Gasteiger partial charge is 0.0758 e. The van der Waals surface area contributed by atoms with Gasteiger partial charge >= 0.3 is 0 Å². The molecule has 0 aliphatic carbocycles. The molecule has 1 aliphatic rings. The SMILES string of the molecule is Cc1ccn2ncc(-c3cccc(C4CCCNC4)n3)c2c1. The van der Waals surface area contributed by atoms with Crippen LogP contribution in [0.5, 0.6) is 0 Å². The minimum atomic E-state index is 0.525. The van der Waals surface area contributed by atoms with Crippen molar-refractivity contribution < 1.29 is 0 Å². The standard InChI is InChI=1S/C18H20N4/c1-13-7-9-22-18(10-13)15(12-20-22)17-6-2-5-16(21-17)14-4-3-8-19-11-14/h2,5-7,9-10,12,14,19H,3-4,8,11H2,1H3. The fourth-order valence-corrected chi connectivity index (χ4v) is 3.22. The molecule has 4 nitrogen and oxygen atoms in total. The first-order chi connectivity index (χ1) is 10.8. The molecule has 3 aromatic rings. The molecule has 112 valence electrons. The first-order valence-electron chi connectivity index (χ1n) is 7.93. The van der Waals surface area contributed by atoms with Crippen LogP contribution >= 0.6 is 0 Å². The van der Waals surface area contributed by atoms with Crippen LogP contribution < -0.4 is 5.32 Å². The van der Waals surface area contributed by atoms with Gasteiger partial charge < -0.3 is 5.32 Å². The maximum atomic E-state index is 4.93. The molecule has 1 fully saturated rings. The summed E-state index contributed by atoms with van der Waals surface area (Å²) in [4.78, 5) is 4.93. The lowest BCUT2D eigenvalue weighted by molar-refractivity contribution is 0.455. The number of fused-ring (bicyclic) bond motifs is 1. The average molecular weight is 292 g/mol. The van der Waals surface area contributed by atoms with Crippen LogP contribution in [0.3, 0.4) is 0 Å². The van der Waals surface area contributed by atoms with Crippen LogP contribution in [0.1, 0.15) is 30.0 Å². The van der Waals surface area contributed by atoms with Crippen molar-refractivity contribution in [2.45, 2.75) is 25.7 Å². The highest BCUT2D eigenvalue weighted by Gasteiger charge is 2.17. The molecule has 22 heavy (non-hydrogen) atoms. The van der Waals surface area contributed by atoms with Gasteiger partial charge in [0.25, 0.3) is 0 Å². The molecule has 4 heteroatoms. The second kappa shape index (κ2) is 5.54. The summed E-state index contributed by atoms with van der Waals surface area (Å²) in [5.74, 6) is 0.525. The number of rotatable bonds is 2. The predicted molar refractivity (Wildman–Crippen MR) is 88.0 cm³/mol. The first-order valence-corrected chi connectivity index (χ1v) is 7.93. The minimum Gasteiger partial charge on any atom is -0.316 e. The molecule has 1 saturated heterocycles. The topological polar surface area (TPSA) is 42.2 Å². The molecule has 0 amide bonds. The summed E-state index contributed by atoms with van der Waals surface area (Å²) >= 11 is 0. The van der Waals surface area contributed by atoms with Gasteiger partial charge in [-0.2, -0.15) is 5.10 Å². The predicted octanol–water partition coefficient (Wildman–Crippen LogP) is 3.17. The zero-order chi connectivity index (χ0) is 14.9. The normalized spacial score (nSPS) is 18.7. The highest BCUT2D eigenvalue weighted by Crippen LogP contribution is 2.27. The zero-order valence-electron chi connectivity index (χ0n) is 12.8. The van der Waals surface area contributed by atoms with Crippen molar-refractivity contribution >= 4 is 5.52 Å². The van der Waals surface area contributed by atoms with Gasteiger partial charge in [0.15, 0.2) is 0 Å². The van der Waals surface area contributed by atoms with Gasteiger partial charge in [0.1, 0.15) is 0 Å². The lowest BCUT2D eigenvalue weighted by Gasteiger charge is -2.22. The van der Waals surface area contributed by atoms with Gasteiger partial charge in [-0.3, -0.25) is 4.98 Å². The average Bonchev–Trinajstić information content (AvgIpc) is 2.99.